The highest BCUT2D eigenvalue weighted by atomic mass is 35.5. The third-order valence-corrected chi connectivity index (χ3v) is 4.61. The molecule has 0 aliphatic heterocycles. The highest BCUT2D eigenvalue weighted by Gasteiger charge is 2.19. The fourth-order valence-corrected chi connectivity index (χ4v) is 2.92. The molecule has 2 rings (SSSR count). The molecule has 0 radical (unpaired) electrons. The van der Waals surface area contributed by atoms with Gasteiger partial charge in [0, 0.05) is 29.9 Å². The summed E-state index contributed by atoms with van der Waals surface area (Å²) < 4.78 is 0. The molecule has 0 saturated heterocycles. The smallest absolute Gasteiger partial charge is 0.322 e. The maximum Gasteiger partial charge on any atom is 0.322 e. The second-order valence-corrected chi connectivity index (χ2v) is 7.37. The number of halogens is 1. The zero-order valence-electron chi connectivity index (χ0n) is 16.1. The van der Waals surface area contributed by atoms with Crippen LogP contribution in [0.3, 0.4) is 0 Å². The van der Waals surface area contributed by atoms with E-state index >= 15 is 0 Å². The number of amides is 3. The Morgan fingerprint density at radius 2 is 1.52 bits per heavy atom. The van der Waals surface area contributed by atoms with Gasteiger partial charge in [0.25, 0.3) is 0 Å². The van der Waals surface area contributed by atoms with Crippen LogP contribution in [0.2, 0.25) is 5.02 Å². The van der Waals surface area contributed by atoms with Crippen LogP contribution in [0, 0.1) is 5.92 Å². The van der Waals surface area contributed by atoms with E-state index < -0.39 is 0 Å². The number of carbonyl (C=O) groups excluding carboxylic acids is 2. The maximum atomic E-state index is 12.5. The quantitative estimate of drug-likeness (QED) is 0.682. The van der Waals surface area contributed by atoms with Gasteiger partial charge in [-0.3, -0.25) is 4.79 Å². The predicted molar refractivity (Wildman–Crippen MR) is 111 cm³/mol. The first-order valence-corrected chi connectivity index (χ1v) is 9.34. The highest BCUT2D eigenvalue weighted by molar-refractivity contribution is 6.31. The Balaban J connectivity index is 1.97. The van der Waals surface area contributed by atoms with Crippen molar-refractivity contribution in [2.45, 2.75) is 33.2 Å². The summed E-state index contributed by atoms with van der Waals surface area (Å²) in [4.78, 5) is 25.9. The van der Waals surface area contributed by atoms with Crippen molar-refractivity contribution in [2.75, 3.05) is 17.7 Å². The van der Waals surface area contributed by atoms with Crippen LogP contribution in [0.15, 0.2) is 48.5 Å². The van der Waals surface area contributed by atoms with E-state index in [1.807, 2.05) is 45.0 Å². The van der Waals surface area contributed by atoms with Gasteiger partial charge in [0.1, 0.15) is 0 Å². The molecule has 0 heterocycles. The van der Waals surface area contributed by atoms with E-state index in [9.17, 15) is 9.59 Å². The van der Waals surface area contributed by atoms with Gasteiger partial charge in [-0.2, -0.15) is 0 Å². The summed E-state index contributed by atoms with van der Waals surface area (Å²) >= 11 is 6.23. The van der Waals surface area contributed by atoms with Crippen molar-refractivity contribution in [2.24, 2.45) is 5.92 Å². The van der Waals surface area contributed by atoms with E-state index in [1.54, 1.807) is 36.2 Å². The minimum Gasteiger partial charge on any atom is -0.326 e. The van der Waals surface area contributed by atoms with Gasteiger partial charge in [0.2, 0.25) is 5.91 Å². The largest absolute Gasteiger partial charge is 0.326 e. The highest BCUT2D eigenvalue weighted by Crippen LogP contribution is 2.26. The molecule has 2 N–H and O–H groups in total. The van der Waals surface area contributed by atoms with Gasteiger partial charge in [-0.05, 0) is 48.7 Å². The number of benzene rings is 2. The number of hydrogen-bond donors (Lipinski definition) is 2. The van der Waals surface area contributed by atoms with Crippen LogP contribution < -0.4 is 10.6 Å². The van der Waals surface area contributed by atoms with Crippen molar-refractivity contribution >= 4 is 34.9 Å². The summed E-state index contributed by atoms with van der Waals surface area (Å²) in [5, 5.41) is 6.33. The van der Waals surface area contributed by atoms with Crippen LogP contribution in [-0.2, 0) is 4.79 Å². The Hall–Kier alpha value is -2.53. The van der Waals surface area contributed by atoms with Gasteiger partial charge in [0.15, 0.2) is 0 Å². The molecule has 1 atom stereocenters. The molecule has 1 unspecified atom stereocenters. The Bertz CT molecular complexity index is 790. The van der Waals surface area contributed by atoms with Crippen LogP contribution in [0.5, 0.6) is 0 Å². The van der Waals surface area contributed by atoms with Crippen LogP contribution in [0.4, 0.5) is 16.2 Å². The first-order chi connectivity index (χ1) is 12.8. The topological polar surface area (TPSA) is 61.4 Å². The summed E-state index contributed by atoms with van der Waals surface area (Å²) in [5.41, 5.74) is 2.25. The molecule has 0 bridgehead atoms. The van der Waals surface area contributed by atoms with Crippen molar-refractivity contribution in [3.05, 3.63) is 59.1 Å². The molecule has 2 aromatic carbocycles. The minimum atomic E-state index is -0.237. The number of nitrogens with zero attached hydrogens (tertiary/aromatic N) is 1. The molecule has 3 amide bonds. The molecular formula is C21H26ClN3O2. The van der Waals surface area contributed by atoms with E-state index in [1.165, 1.54) is 0 Å². The number of urea groups is 1. The van der Waals surface area contributed by atoms with Gasteiger partial charge in [-0.25, -0.2) is 4.79 Å². The summed E-state index contributed by atoms with van der Waals surface area (Å²) in [6.07, 6.45) is 0.475. The normalized spacial score (nSPS) is 11.8. The summed E-state index contributed by atoms with van der Waals surface area (Å²) in [6, 6.07) is 14.1. The molecule has 2 aromatic rings. The SMILES string of the molecule is CC(C)CC(=O)Nc1ccc(NC(=O)N(C)C(C)c2ccccc2Cl)cc1. The lowest BCUT2D eigenvalue weighted by molar-refractivity contribution is -0.116. The number of carbonyl (C=O) groups is 2. The predicted octanol–water partition coefficient (Wildman–Crippen LogP) is 5.55. The first kappa shape index (κ1) is 20.8. The molecular weight excluding hydrogens is 362 g/mol. The summed E-state index contributed by atoms with van der Waals surface area (Å²) in [6.45, 7) is 5.92. The molecule has 5 nitrogen and oxygen atoms in total. The van der Waals surface area contributed by atoms with E-state index in [4.69, 9.17) is 11.6 Å². The second-order valence-electron chi connectivity index (χ2n) is 6.96. The average molecular weight is 388 g/mol. The molecule has 0 aromatic heterocycles. The number of anilines is 2. The number of rotatable bonds is 6. The molecule has 0 spiro atoms. The average Bonchev–Trinajstić information content (AvgIpc) is 2.61. The molecule has 0 aliphatic rings. The van der Waals surface area contributed by atoms with E-state index in [-0.39, 0.29) is 18.0 Å². The first-order valence-electron chi connectivity index (χ1n) is 8.96. The molecule has 0 fully saturated rings. The van der Waals surface area contributed by atoms with Crippen molar-refractivity contribution in [3.63, 3.8) is 0 Å². The maximum absolute atomic E-state index is 12.5. The van der Waals surface area contributed by atoms with Gasteiger partial charge in [-0.1, -0.05) is 43.6 Å². The lowest BCUT2D eigenvalue weighted by Crippen LogP contribution is -2.33. The number of nitrogens with one attached hydrogen (secondary N) is 2. The van der Waals surface area contributed by atoms with Gasteiger partial charge >= 0.3 is 6.03 Å². The Kier molecular flexibility index (Phi) is 7.25. The number of hydrogen-bond acceptors (Lipinski definition) is 2. The summed E-state index contributed by atoms with van der Waals surface area (Å²) in [5.74, 6) is 0.286. The van der Waals surface area contributed by atoms with E-state index in [0.29, 0.717) is 28.7 Å². The lowest BCUT2D eigenvalue weighted by Gasteiger charge is -2.26. The van der Waals surface area contributed by atoms with E-state index in [0.717, 1.165) is 5.56 Å². The van der Waals surface area contributed by atoms with Crippen LogP contribution in [-0.4, -0.2) is 23.9 Å². The van der Waals surface area contributed by atoms with Crippen LogP contribution >= 0.6 is 11.6 Å². The van der Waals surface area contributed by atoms with Gasteiger partial charge in [0.05, 0.1) is 6.04 Å². The standard InChI is InChI=1S/C21H26ClN3O2/c1-14(2)13-20(26)23-16-9-11-17(12-10-16)24-21(27)25(4)15(3)18-7-5-6-8-19(18)22/h5-12,14-15H,13H2,1-4H3,(H,23,26)(H,24,27). The Morgan fingerprint density at radius 3 is 2.07 bits per heavy atom. The Labute approximate surface area is 165 Å². The van der Waals surface area contributed by atoms with Gasteiger partial charge < -0.3 is 15.5 Å². The summed E-state index contributed by atoms with van der Waals surface area (Å²) in [7, 11) is 1.73. The molecule has 0 saturated carbocycles. The monoisotopic (exact) mass is 387 g/mol. The molecule has 6 heteroatoms. The lowest BCUT2D eigenvalue weighted by atomic mass is 10.1. The van der Waals surface area contributed by atoms with Gasteiger partial charge in [-0.15, -0.1) is 0 Å². The zero-order chi connectivity index (χ0) is 20.0. The molecule has 27 heavy (non-hydrogen) atoms. The minimum absolute atomic E-state index is 0.0184. The van der Waals surface area contributed by atoms with Crippen molar-refractivity contribution in [3.8, 4) is 0 Å². The van der Waals surface area contributed by atoms with Crippen molar-refractivity contribution < 1.29 is 9.59 Å². The Morgan fingerprint density at radius 1 is 0.963 bits per heavy atom. The van der Waals surface area contributed by atoms with E-state index in [2.05, 4.69) is 10.6 Å². The fourth-order valence-electron chi connectivity index (χ4n) is 2.63. The second kappa shape index (κ2) is 9.42. The fraction of sp³-hybridized carbons (Fsp3) is 0.333. The van der Waals surface area contributed by atoms with Crippen molar-refractivity contribution in [1.82, 2.24) is 4.90 Å². The molecule has 144 valence electrons. The van der Waals surface area contributed by atoms with Crippen LogP contribution in [0.25, 0.3) is 0 Å². The van der Waals surface area contributed by atoms with Crippen LogP contribution in [0.1, 0.15) is 38.8 Å². The third kappa shape index (κ3) is 6.00. The molecule has 0 aliphatic carbocycles. The van der Waals surface area contributed by atoms with Crippen molar-refractivity contribution in [1.29, 1.82) is 0 Å². The third-order valence-electron chi connectivity index (χ3n) is 4.27. The zero-order valence-corrected chi connectivity index (χ0v) is 16.9.